The lowest BCUT2D eigenvalue weighted by molar-refractivity contribution is 0.585. The third kappa shape index (κ3) is 4.54. The van der Waals surface area contributed by atoms with Crippen LogP contribution in [0, 0.1) is 11.6 Å². The molecule has 0 unspecified atom stereocenters. The van der Waals surface area contributed by atoms with Crippen LogP contribution >= 0.6 is 0 Å². The summed E-state index contributed by atoms with van der Waals surface area (Å²) in [6, 6.07) is 21.6. The predicted octanol–water partition coefficient (Wildman–Crippen LogP) is 5.74. The standard InChI is InChI=1S/C22H20F2N2/c1-2-26(16-18-6-4-3-5-7-18)20-11-8-17(9-12-20)15-25-22-13-10-19(23)14-21(22)24/h3-15H,2,16H2,1H3. The van der Waals surface area contributed by atoms with Gasteiger partial charge in [-0.2, -0.15) is 0 Å². The summed E-state index contributed by atoms with van der Waals surface area (Å²) in [6.07, 6.45) is 1.58. The van der Waals surface area contributed by atoms with E-state index in [4.69, 9.17) is 0 Å². The lowest BCUT2D eigenvalue weighted by Gasteiger charge is -2.23. The van der Waals surface area contributed by atoms with Crippen LogP contribution in [-0.4, -0.2) is 12.8 Å². The molecule has 0 aliphatic heterocycles. The third-order valence-corrected chi connectivity index (χ3v) is 4.12. The molecular weight excluding hydrogens is 330 g/mol. The molecule has 0 N–H and O–H groups in total. The van der Waals surface area contributed by atoms with Crippen LogP contribution in [0.25, 0.3) is 0 Å². The zero-order valence-corrected chi connectivity index (χ0v) is 14.6. The Bertz CT molecular complexity index is 874. The van der Waals surface area contributed by atoms with E-state index in [1.165, 1.54) is 17.7 Å². The average Bonchev–Trinajstić information content (AvgIpc) is 2.67. The van der Waals surface area contributed by atoms with E-state index in [0.29, 0.717) is 0 Å². The fourth-order valence-corrected chi connectivity index (χ4v) is 2.69. The molecule has 0 atom stereocenters. The zero-order chi connectivity index (χ0) is 18.4. The van der Waals surface area contributed by atoms with Gasteiger partial charge >= 0.3 is 0 Å². The molecule has 0 aliphatic rings. The van der Waals surface area contributed by atoms with Gasteiger partial charge in [-0.25, -0.2) is 8.78 Å². The van der Waals surface area contributed by atoms with Crippen molar-refractivity contribution in [1.29, 1.82) is 0 Å². The number of benzene rings is 3. The van der Waals surface area contributed by atoms with Crippen molar-refractivity contribution in [2.45, 2.75) is 13.5 Å². The van der Waals surface area contributed by atoms with Crippen molar-refractivity contribution < 1.29 is 8.78 Å². The van der Waals surface area contributed by atoms with E-state index >= 15 is 0 Å². The molecule has 4 heteroatoms. The largest absolute Gasteiger partial charge is 0.367 e. The monoisotopic (exact) mass is 350 g/mol. The minimum Gasteiger partial charge on any atom is -0.367 e. The Morgan fingerprint density at radius 1 is 0.923 bits per heavy atom. The molecule has 0 saturated heterocycles. The lowest BCUT2D eigenvalue weighted by atomic mass is 10.1. The highest BCUT2D eigenvalue weighted by molar-refractivity contribution is 5.82. The number of rotatable bonds is 6. The Morgan fingerprint density at radius 3 is 2.31 bits per heavy atom. The molecule has 0 radical (unpaired) electrons. The van der Waals surface area contributed by atoms with Crippen molar-refractivity contribution >= 4 is 17.6 Å². The summed E-state index contributed by atoms with van der Waals surface area (Å²) >= 11 is 0. The van der Waals surface area contributed by atoms with E-state index in [1.54, 1.807) is 6.21 Å². The molecule has 132 valence electrons. The van der Waals surface area contributed by atoms with Gasteiger partial charge in [0.25, 0.3) is 0 Å². The molecule has 0 spiro atoms. The Hall–Kier alpha value is -3.01. The van der Waals surface area contributed by atoms with Crippen LogP contribution in [0.15, 0.2) is 77.8 Å². The maximum atomic E-state index is 13.6. The summed E-state index contributed by atoms with van der Waals surface area (Å²) < 4.78 is 26.5. The van der Waals surface area contributed by atoms with Crippen molar-refractivity contribution in [3.63, 3.8) is 0 Å². The molecule has 0 saturated carbocycles. The fraction of sp³-hybridized carbons (Fsp3) is 0.136. The van der Waals surface area contributed by atoms with Gasteiger partial charge in [-0.15, -0.1) is 0 Å². The summed E-state index contributed by atoms with van der Waals surface area (Å²) in [5.41, 5.74) is 3.34. The molecular formula is C22H20F2N2. The lowest BCUT2D eigenvalue weighted by Crippen LogP contribution is -2.21. The van der Waals surface area contributed by atoms with Crippen LogP contribution in [0.2, 0.25) is 0 Å². The van der Waals surface area contributed by atoms with Gasteiger partial charge < -0.3 is 4.90 Å². The number of aliphatic imine (C=N–C) groups is 1. The highest BCUT2D eigenvalue weighted by Gasteiger charge is 2.05. The maximum Gasteiger partial charge on any atom is 0.151 e. The predicted molar refractivity (Wildman–Crippen MR) is 103 cm³/mol. The van der Waals surface area contributed by atoms with E-state index < -0.39 is 11.6 Å². The third-order valence-electron chi connectivity index (χ3n) is 4.12. The fourth-order valence-electron chi connectivity index (χ4n) is 2.69. The van der Waals surface area contributed by atoms with Crippen molar-refractivity contribution in [3.8, 4) is 0 Å². The first-order chi connectivity index (χ1) is 12.7. The summed E-state index contributed by atoms with van der Waals surface area (Å²) in [6.45, 7) is 3.85. The number of nitrogens with zero attached hydrogens (tertiary/aromatic N) is 2. The van der Waals surface area contributed by atoms with Gasteiger partial charge in [0.05, 0.1) is 5.69 Å². The van der Waals surface area contributed by atoms with E-state index in [1.807, 2.05) is 42.5 Å². The van der Waals surface area contributed by atoms with Crippen LogP contribution in [0.4, 0.5) is 20.2 Å². The smallest absolute Gasteiger partial charge is 0.151 e. The molecule has 0 fully saturated rings. The first-order valence-corrected chi connectivity index (χ1v) is 8.54. The molecule has 0 aromatic heterocycles. The number of hydrogen-bond donors (Lipinski definition) is 0. The molecule has 3 aromatic rings. The Balaban J connectivity index is 1.71. The topological polar surface area (TPSA) is 15.6 Å². The number of halogens is 2. The minimum atomic E-state index is -0.669. The van der Waals surface area contributed by atoms with Crippen molar-refractivity contribution in [3.05, 3.63) is 95.6 Å². The number of anilines is 1. The van der Waals surface area contributed by atoms with Crippen LogP contribution in [0.5, 0.6) is 0 Å². The van der Waals surface area contributed by atoms with Gasteiger partial charge in [0.15, 0.2) is 5.82 Å². The second-order valence-corrected chi connectivity index (χ2v) is 5.95. The van der Waals surface area contributed by atoms with E-state index in [2.05, 4.69) is 28.9 Å². The summed E-state index contributed by atoms with van der Waals surface area (Å²) in [5, 5.41) is 0. The van der Waals surface area contributed by atoms with E-state index in [-0.39, 0.29) is 5.69 Å². The zero-order valence-electron chi connectivity index (χ0n) is 14.6. The van der Waals surface area contributed by atoms with Gasteiger partial charge in [0, 0.05) is 31.1 Å². The van der Waals surface area contributed by atoms with Gasteiger partial charge in [-0.3, -0.25) is 4.99 Å². The van der Waals surface area contributed by atoms with Crippen molar-refractivity contribution in [2.24, 2.45) is 4.99 Å². The SMILES string of the molecule is CCN(Cc1ccccc1)c1ccc(C=Nc2ccc(F)cc2F)cc1. The van der Waals surface area contributed by atoms with Crippen LogP contribution in [0.1, 0.15) is 18.1 Å². The first kappa shape index (κ1) is 17.8. The normalized spacial score (nSPS) is 11.0. The van der Waals surface area contributed by atoms with Crippen molar-refractivity contribution in [2.75, 3.05) is 11.4 Å². The van der Waals surface area contributed by atoms with E-state index in [0.717, 1.165) is 30.4 Å². The Kier molecular flexibility index (Phi) is 5.74. The second-order valence-electron chi connectivity index (χ2n) is 5.95. The second kappa shape index (κ2) is 8.39. The molecule has 0 amide bonds. The first-order valence-electron chi connectivity index (χ1n) is 8.54. The average molecular weight is 350 g/mol. The molecule has 0 heterocycles. The van der Waals surface area contributed by atoms with Gasteiger partial charge in [-0.1, -0.05) is 42.5 Å². The molecule has 0 bridgehead atoms. The quantitative estimate of drug-likeness (QED) is 0.518. The highest BCUT2D eigenvalue weighted by Crippen LogP contribution is 2.20. The van der Waals surface area contributed by atoms with Crippen LogP contribution < -0.4 is 4.90 Å². The molecule has 0 aliphatic carbocycles. The summed E-state index contributed by atoms with van der Waals surface area (Å²) in [4.78, 5) is 6.37. The minimum absolute atomic E-state index is 0.120. The number of hydrogen-bond acceptors (Lipinski definition) is 2. The van der Waals surface area contributed by atoms with Gasteiger partial charge in [-0.05, 0) is 42.3 Å². The highest BCUT2D eigenvalue weighted by atomic mass is 19.1. The molecule has 26 heavy (non-hydrogen) atoms. The molecule has 3 aromatic carbocycles. The van der Waals surface area contributed by atoms with Gasteiger partial charge in [0.1, 0.15) is 5.82 Å². The van der Waals surface area contributed by atoms with Crippen LogP contribution in [0.3, 0.4) is 0 Å². The molecule has 2 nitrogen and oxygen atoms in total. The Labute approximate surface area is 152 Å². The van der Waals surface area contributed by atoms with Crippen LogP contribution in [-0.2, 0) is 6.54 Å². The summed E-state index contributed by atoms with van der Waals surface area (Å²) in [7, 11) is 0. The van der Waals surface area contributed by atoms with Crippen molar-refractivity contribution in [1.82, 2.24) is 0 Å². The molecule has 3 rings (SSSR count). The van der Waals surface area contributed by atoms with E-state index in [9.17, 15) is 8.78 Å². The maximum absolute atomic E-state index is 13.6. The van der Waals surface area contributed by atoms with Gasteiger partial charge in [0.2, 0.25) is 0 Å². The summed E-state index contributed by atoms with van der Waals surface area (Å²) in [5.74, 6) is -1.28. The Morgan fingerprint density at radius 2 is 1.65 bits per heavy atom.